The van der Waals surface area contributed by atoms with E-state index < -0.39 is 11.3 Å². The predicted molar refractivity (Wildman–Crippen MR) is 90.1 cm³/mol. The number of halogens is 1. The second-order valence-corrected chi connectivity index (χ2v) is 7.96. The van der Waals surface area contributed by atoms with Crippen molar-refractivity contribution in [1.82, 2.24) is 14.5 Å². The quantitative estimate of drug-likeness (QED) is 0.840. The minimum atomic E-state index is -2.09. The number of benzene rings is 1. The van der Waals surface area contributed by atoms with Crippen LogP contribution in [0, 0.1) is 5.41 Å². The molecule has 4 rings (SSSR count). The maximum atomic E-state index is 11.2. The molecule has 1 N–H and O–H groups in total. The van der Waals surface area contributed by atoms with E-state index in [-0.39, 0.29) is 5.41 Å². The molecule has 8 heteroatoms. The Bertz CT molecular complexity index is 757. The highest BCUT2D eigenvalue weighted by Crippen LogP contribution is 2.42. The van der Waals surface area contributed by atoms with Gasteiger partial charge >= 0.3 is 0 Å². The van der Waals surface area contributed by atoms with Gasteiger partial charge in [-0.2, -0.15) is 5.10 Å². The van der Waals surface area contributed by atoms with Crippen molar-refractivity contribution < 1.29 is 8.76 Å². The smallest absolute Gasteiger partial charge is 0.0686 e. The molecule has 1 atom stereocenters. The van der Waals surface area contributed by atoms with Gasteiger partial charge in [0.25, 0.3) is 0 Å². The zero-order valence-electron chi connectivity index (χ0n) is 12.6. The normalized spacial score (nSPS) is 23.0. The first-order chi connectivity index (χ1) is 11.1. The van der Waals surface area contributed by atoms with Gasteiger partial charge in [0.05, 0.1) is 11.7 Å². The number of aromatic nitrogens is 2. The summed E-state index contributed by atoms with van der Waals surface area (Å²) in [5.41, 5.74) is 2.20. The number of piperidine rings is 1. The molecule has 124 valence electrons. The lowest BCUT2D eigenvalue weighted by molar-refractivity contribution is 0.234. The van der Waals surface area contributed by atoms with E-state index >= 15 is 0 Å². The third kappa shape index (κ3) is 2.76. The van der Waals surface area contributed by atoms with Crippen LogP contribution in [0.5, 0.6) is 0 Å². The third-order valence-electron chi connectivity index (χ3n) is 5.28. The molecule has 2 fully saturated rings. The number of nitrogens with one attached hydrogen (secondary N) is 1. The lowest BCUT2D eigenvalue weighted by Crippen LogP contribution is -2.41. The maximum absolute atomic E-state index is 11.2. The lowest BCUT2D eigenvalue weighted by atomic mass is 9.77. The van der Waals surface area contributed by atoms with Gasteiger partial charge in [-0.25, -0.2) is 4.31 Å². The van der Waals surface area contributed by atoms with Crippen LogP contribution < -0.4 is 4.90 Å². The average Bonchev–Trinajstić information content (AvgIpc) is 3.15. The molecule has 2 aliphatic heterocycles. The van der Waals surface area contributed by atoms with Gasteiger partial charge in [-0.3, -0.25) is 9.31 Å². The molecule has 1 spiro atoms. The van der Waals surface area contributed by atoms with Crippen LogP contribution in [-0.2, 0) is 11.3 Å². The molecule has 1 unspecified atom stereocenters. The molecule has 23 heavy (non-hydrogen) atoms. The third-order valence-corrected chi connectivity index (χ3v) is 6.23. The SMILES string of the molecule is O=S([O-])N1CCC2(CCN(c3cc(Cl)cc4[nH]ncc34)CC2)C1. The lowest BCUT2D eigenvalue weighted by Gasteiger charge is -2.40. The Labute approximate surface area is 142 Å². The van der Waals surface area contributed by atoms with Crippen molar-refractivity contribution in [3.05, 3.63) is 23.4 Å². The average molecular weight is 354 g/mol. The van der Waals surface area contributed by atoms with Gasteiger partial charge < -0.3 is 9.45 Å². The number of hydrogen-bond acceptors (Lipinski definition) is 4. The Kier molecular flexibility index (Phi) is 3.84. The standard InChI is InChI=1S/C15H19ClN4O2S/c16-11-7-13-12(9-17-18-13)14(8-11)19-4-1-15(2-5-19)3-6-20(10-15)23(21)22/h7-9H,1-6,10H2,(H,17,18)(H,21,22)/p-1. The summed E-state index contributed by atoms with van der Waals surface area (Å²) in [6.07, 6.45) is 4.81. The number of H-pyrrole nitrogens is 1. The Morgan fingerprint density at radius 3 is 2.70 bits per heavy atom. The molecule has 0 radical (unpaired) electrons. The minimum absolute atomic E-state index is 0.144. The molecule has 2 saturated heterocycles. The fourth-order valence-electron chi connectivity index (χ4n) is 3.91. The van der Waals surface area contributed by atoms with E-state index in [0.717, 1.165) is 48.9 Å². The minimum Gasteiger partial charge on any atom is -0.760 e. The van der Waals surface area contributed by atoms with Crippen LogP contribution in [-0.4, -0.2) is 49.4 Å². The number of rotatable bonds is 2. The summed E-state index contributed by atoms with van der Waals surface area (Å²) >= 11 is 4.14. The van der Waals surface area contributed by atoms with E-state index in [1.807, 2.05) is 18.3 Å². The van der Waals surface area contributed by atoms with Crippen LogP contribution >= 0.6 is 11.6 Å². The summed E-state index contributed by atoms with van der Waals surface area (Å²) in [6, 6.07) is 3.88. The highest BCUT2D eigenvalue weighted by atomic mass is 35.5. The van der Waals surface area contributed by atoms with E-state index in [0.29, 0.717) is 18.1 Å². The van der Waals surface area contributed by atoms with Crippen LogP contribution in [0.1, 0.15) is 19.3 Å². The number of fused-ring (bicyclic) bond motifs is 1. The van der Waals surface area contributed by atoms with E-state index in [2.05, 4.69) is 15.1 Å². The first kappa shape index (κ1) is 15.4. The van der Waals surface area contributed by atoms with Crippen molar-refractivity contribution in [1.29, 1.82) is 0 Å². The molecular formula is C15H18ClN4O2S-. The molecule has 0 saturated carbocycles. The Morgan fingerprint density at radius 1 is 1.26 bits per heavy atom. The second kappa shape index (κ2) is 5.73. The van der Waals surface area contributed by atoms with Gasteiger partial charge in [-0.15, -0.1) is 0 Å². The highest BCUT2D eigenvalue weighted by molar-refractivity contribution is 7.76. The summed E-state index contributed by atoms with van der Waals surface area (Å²) in [5, 5.41) is 8.87. The van der Waals surface area contributed by atoms with Crippen LogP contribution in [0.4, 0.5) is 5.69 Å². The van der Waals surface area contributed by atoms with Crippen molar-refractivity contribution in [3.63, 3.8) is 0 Å². The van der Waals surface area contributed by atoms with Crippen LogP contribution in [0.15, 0.2) is 18.3 Å². The van der Waals surface area contributed by atoms with Gasteiger partial charge in [0, 0.05) is 53.5 Å². The van der Waals surface area contributed by atoms with E-state index in [1.54, 1.807) is 4.31 Å². The summed E-state index contributed by atoms with van der Waals surface area (Å²) in [6.45, 7) is 3.15. The first-order valence-corrected chi connectivity index (χ1v) is 9.19. The number of hydrogen-bond donors (Lipinski definition) is 1. The second-order valence-electron chi connectivity index (χ2n) is 6.57. The summed E-state index contributed by atoms with van der Waals surface area (Å²) in [7, 11) is 0. The predicted octanol–water partition coefficient (Wildman–Crippen LogP) is 2.30. The Hall–Kier alpha value is -1.15. The fraction of sp³-hybridized carbons (Fsp3) is 0.533. The number of anilines is 1. The highest BCUT2D eigenvalue weighted by Gasteiger charge is 2.41. The largest absolute Gasteiger partial charge is 0.760 e. The molecule has 0 bridgehead atoms. The van der Waals surface area contributed by atoms with Crippen molar-refractivity contribution in [3.8, 4) is 0 Å². The van der Waals surface area contributed by atoms with Crippen LogP contribution in [0.2, 0.25) is 5.02 Å². The van der Waals surface area contributed by atoms with E-state index in [4.69, 9.17) is 11.6 Å². The molecule has 3 heterocycles. The summed E-state index contributed by atoms with van der Waals surface area (Å²) < 4.78 is 23.9. The van der Waals surface area contributed by atoms with Gasteiger partial charge in [0.15, 0.2) is 0 Å². The van der Waals surface area contributed by atoms with Crippen molar-refractivity contribution in [2.75, 3.05) is 31.1 Å². The monoisotopic (exact) mass is 353 g/mol. The van der Waals surface area contributed by atoms with Gasteiger partial charge in [0.1, 0.15) is 0 Å². The fourth-order valence-corrected chi connectivity index (χ4v) is 4.74. The zero-order valence-corrected chi connectivity index (χ0v) is 14.2. The maximum Gasteiger partial charge on any atom is 0.0686 e. The number of aromatic amines is 1. The molecule has 0 aliphatic carbocycles. The molecule has 2 aliphatic rings. The van der Waals surface area contributed by atoms with Crippen molar-refractivity contribution >= 4 is 39.5 Å². The van der Waals surface area contributed by atoms with E-state index in [1.165, 1.54) is 0 Å². The molecule has 2 aromatic rings. The molecule has 1 aromatic carbocycles. The van der Waals surface area contributed by atoms with Crippen LogP contribution in [0.25, 0.3) is 10.9 Å². The summed E-state index contributed by atoms with van der Waals surface area (Å²) in [5.74, 6) is 0. The van der Waals surface area contributed by atoms with E-state index in [9.17, 15) is 8.76 Å². The van der Waals surface area contributed by atoms with Crippen molar-refractivity contribution in [2.45, 2.75) is 19.3 Å². The molecule has 6 nitrogen and oxygen atoms in total. The Morgan fingerprint density at radius 2 is 2.00 bits per heavy atom. The summed E-state index contributed by atoms with van der Waals surface area (Å²) in [4.78, 5) is 2.34. The topological polar surface area (TPSA) is 75.3 Å². The zero-order chi connectivity index (χ0) is 16.0. The molecular weight excluding hydrogens is 336 g/mol. The van der Waals surface area contributed by atoms with Gasteiger partial charge in [-0.05, 0) is 36.8 Å². The first-order valence-electron chi connectivity index (χ1n) is 7.78. The van der Waals surface area contributed by atoms with Crippen molar-refractivity contribution in [2.24, 2.45) is 5.41 Å². The van der Waals surface area contributed by atoms with Crippen LogP contribution in [0.3, 0.4) is 0 Å². The van der Waals surface area contributed by atoms with Gasteiger partial charge in [0.2, 0.25) is 0 Å². The molecule has 0 amide bonds. The Balaban J connectivity index is 1.53. The number of nitrogens with zero attached hydrogens (tertiary/aromatic N) is 3. The van der Waals surface area contributed by atoms with Gasteiger partial charge in [-0.1, -0.05) is 11.6 Å². The molecule has 1 aromatic heterocycles.